The minimum absolute atomic E-state index is 0.116. The molecule has 0 aliphatic heterocycles. The molecule has 15 heavy (non-hydrogen) atoms. The number of hydrogen-bond acceptors (Lipinski definition) is 5. The lowest BCUT2D eigenvalue weighted by molar-refractivity contribution is -0.0384. The van der Waals surface area contributed by atoms with Crippen molar-refractivity contribution in [2.45, 2.75) is 6.92 Å². The zero-order valence-electron chi connectivity index (χ0n) is 8.17. The Morgan fingerprint density at radius 2 is 2.33 bits per heavy atom. The third kappa shape index (κ3) is 1.64. The number of hydrogen-bond donors (Lipinski definition) is 1. The standard InChI is InChI=1S/C8H8N5O2/c1-5-3-4-13-8(9-5)10-6(11-13)7(14)12(2)15/h3,15H,1-2H3. The van der Waals surface area contributed by atoms with Crippen LogP contribution in [0.3, 0.4) is 0 Å². The van der Waals surface area contributed by atoms with Gasteiger partial charge in [0.05, 0.1) is 6.20 Å². The number of nitrogens with zero attached hydrogens (tertiary/aromatic N) is 5. The van der Waals surface area contributed by atoms with E-state index in [2.05, 4.69) is 21.3 Å². The summed E-state index contributed by atoms with van der Waals surface area (Å²) in [6, 6.07) is 1.62. The molecule has 0 aromatic carbocycles. The molecule has 1 amide bonds. The molecule has 77 valence electrons. The van der Waals surface area contributed by atoms with E-state index < -0.39 is 5.91 Å². The van der Waals surface area contributed by atoms with Crippen molar-refractivity contribution >= 4 is 11.7 Å². The topological polar surface area (TPSA) is 83.6 Å². The van der Waals surface area contributed by atoms with Crippen LogP contribution in [-0.2, 0) is 0 Å². The predicted molar refractivity (Wildman–Crippen MR) is 48.2 cm³/mol. The molecule has 0 unspecified atom stereocenters. The van der Waals surface area contributed by atoms with Gasteiger partial charge in [0.2, 0.25) is 5.82 Å². The van der Waals surface area contributed by atoms with E-state index in [0.29, 0.717) is 5.06 Å². The lowest BCUT2D eigenvalue weighted by Gasteiger charge is -2.02. The van der Waals surface area contributed by atoms with E-state index in [1.807, 2.05) is 0 Å². The van der Waals surface area contributed by atoms with E-state index in [4.69, 9.17) is 5.21 Å². The maximum absolute atomic E-state index is 11.3. The minimum Gasteiger partial charge on any atom is -0.286 e. The largest absolute Gasteiger partial charge is 0.316 e. The Kier molecular flexibility index (Phi) is 2.09. The third-order valence-corrected chi connectivity index (χ3v) is 1.75. The molecule has 7 heteroatoms. The number of carbonyl (C=O) groups excluding carboxylic acids is 1. The molecule has 0 spiro atoms. The van der Waals surface area contributed by atoms with E-state index in [9.17, 15) is 4.79 Å². The Hall–Kier alpha value is -2.02. The molecule has 1 N–H and O–H groups in total. The summed E-state index contributed by atoms with van der Waals surface area (Å²) in [5.41, 5.74) is 0.728. The van der Waals surface area contributed by atoms with Crippen molar-refractivity contribution in [2.75, 3.05) is 7.05 Å². The van der Waals surface area contributed by atoms with Crippen molar-refractivity contribution in [3.8, 4) is 0 Å². The van der Waals surface area contributed by atoms with Crippen molar-refractivity contribution in [1.29, 1.82) is 0 Å². The molecular formula is C8H8N5O2. The molecule has 2 rings (SSSR count). The summed E-state index contributed by atoms with van der Waals surface area (Å²) < 4.78 is 1.25. The van der Waals surface area contributed by atoms with Gasteiger partial charge < -0.3 is 0 Å². The number of carbonyl (C=O) groups is 1. The minimum atomic E-state index is -0.688. The maximum Gasteiger partial charge on any atom is 0.316 e. The van der Waals surface area contributed by atoms with Gasteiger partial charge >= 0.3 is 5.91 Å². The second kappa shape index (κ2) is 3.28. The molecule has 0 saturated heterocycles. The first-order chi connectivity index (χ1) is 7.08. The van der Waals surface area contributed by atoms with Gasteiger partial charge in [0.15, 0.2) is 0 Å². The summed E-state index contributed by atoms with van der Waals surface area (Å²) in [6.07, 6.45) is 2.76. The summed E-state index contributed by atoms with van der Waals surface area (Å²) in [5.74, 6) is -0.527. The second-order valence-corrected chi connectivity index (χ2v) is 3.00. The SMILES string of the molecule is Cc1c[c]n2nc(C(=O)N(C)O)nc2n1. The molecule has 0 atom stereocenters. The van der Waals surface area contributed by atoms with Gasteiger partial charge in [0.1, 0.15) is 0 Å². The highest BCUT2D eigenvalue weighted by molar-refractivity contribution is 5.89. The highest BCUT2D eigenvalue weighted by Crippen LogP contribution is 2.00. The van der Waals surface area contributed by atoms with Crippen LogP contribution in [-0.4, -0.2) is 42.8 Å². The summed E-state index contributed by atoms with van der Waals surface area (Å²) >= 11 is 0. The normalized spacial score (nSPS) is 10.6. The Morgan fingerprint density at radius 1 is 1.60 bits per heavy atom. The lowest BCUT2D eigenvalue weighted by atomic mass is 10.5. The van der Waals surface area contributed by atoms with Crippen LogP contribution in [0.25, 0.3) is 5.78 Å². The number of aryl methyl sites for hydroxylation is 1. The van der Waals surface area contributed by atoms with Crippen LogP contribution in [0.2, 0.25) is 0 Å². The summed E-state index contributed by atoms with van der Waals surface area (Å²) in [4.78, 5) is 19.2. The van der Waals surface area contributed by atoms with Gasteiger partial charge in [-0.2, -0.15) is 9.50 Å². The zero-order valence-corrected chi connectivity index (χ0v) is 8.17. The monoisotopic (exact) mass is 206 g/mol. The van der Waals surface area contributed by atoms with Gasteiger partial charge in [-0.05, 0) is 13.0 Å². The molecule has 0 fully saturated rings. The fourth-order valence-electron chi connectivity index (χ4n) is 1.04. The quantitative estimate of drug-likeness (QED) is 0.511. The second-order valence-electron chi connectivity index (χ2n) is 3.00. The fraction of sp³-hybridized carbons (Fsp3) is 0.250. The average Bonchev–Trinajstić information content (AvgIpc) is 2.58. The first-order valence-electron chi connectivity index (χ1n) is 4.17. The Bertz CT molecular complexity index is 519. The third-order valence-electron chi connectivity index (χ3n) is 1.75. The molecule has 2 heterocycles. The number of fused-ring (bicyclic) bond motifs is 1. The summed E-state index contributed by atoms with van der Waals surface area (Å²) in [5, 5.41) is 13.1. The van der Waals surface area contributed by atoms with Gasteiger partial charge in [0.25, 0.3) is 5.78 Å². The molecule has 2 aromatic heterocycles. The molecule has 0 aliphatic carbocycles. The lowest BCUT2D eigenvalue weighted by Crippen LogP contribution is -2.23. The highest BCUT2D eigenvalue weighted by Gasteiger charge is 2.16. The fourth-order valence-corrected chi connectivity index (χ4v) is 1.04. The van der Waals surface area contributed by atoms with Gasteiger partial charge in [-0.3, -0.25) is 10.0 Å². The van der Waals surface area contributed by atoms with Gasteiger partial charge in [-0.25, -0.2) is 10.0 Å². The van der Waals surface area contributed by atoms with E-state index in [1.165, 1.54) is 11.6 Å². The van der Waals surface area contributed by atoms with Crippen molar-refractivity contribution in [1.82, 2.24) is 24.6 Å². The number of rotatable bonds is 1. The molecule has 2 aromatic rings. The number of hydroxylamine groups is 2. The van der Waals surface area contributed by atoms with Crippen LogP contribution < -0.4 is 0 Å². The Morgan fingerprint density at radius 3 is 3.00 bits per heavy atom. The maximum atomic E-state index is 11.3. The predicted octanol–water partition coefficient (Wildman–Crippen LogP) is -0.306. The Labute approximate surface area is 84.9 Å². The van der Waals surface area contributed by atoms with Crippen LogP contribution in [0.15, 0.2) is 6.07 Å². The average molecular weight is 206 g/mol. The smallest absolute Gasteiger partial charge is 0.286 e. The summed E-state index contributed by atoms with van der Waals surface area (Å²) in [6.45, 7) is 1.78. The van der Waals surface area contributed by atoms with E-state index >= 15 is 0 Å². The van der Waals surface area contributed by atoms with Gasteiger partial charge in [-0.1, -0.05) is 0 Å². The van der Waals surface area contributed by atoms with Crippen LogP contribution in [0, 0.1) is 13.1 Å². The molecular weight excluding hydrogens is 198 g/mol. The van der Waals surface area contributed by atoms with E-state index in [0.717, 1.165) is 5.69 Å². The van der Waals surface area contributed by atoms with Crippen LogP contribution in [0.1, 0.15) is 16.3 Å². The van der Waals surface area contributed by atoms with Gasteiger partial charge in [-0.15, -0.1) is 5.10 Å². The zero-order chi connectivity index (χ0) is 11.0. The molecule has 1 radical (unpaired) electrons. The van der Waals surface area contributed by atoms with E-state index in [-0.39, 0.29) is 11.6 Å². The van der Waals surface area contributed by atoms with Crippen LogP contribution in [0.4, 0.5) is 0 Å². The first-order valence-corrected chi connectivity index (χ1v) is 4.17. The van der Waals surface area contributed by atoms with Crippen molar-refractivity contribution in [2.24, 2.45) is 0 Å². The van der Waals surface area contributed by atoms with E-state index in [1.54, 1.807) is 13.0 Å². The first kappa shape index (κ1) is 9.53. The Balaban J connectivity index is 2.52. The highest BCUT2D eigenvalue weighted by atomic mass is 16.5. The molecule has 0 bridgehead atoms. The molecule has 0 aliphatic rings. The summed E-state index contributed by atoms with van der Waals surface area (Å²) in [7, 11) is 1.20. The van der Waals surface area contributed by atoms with Crippen molar-refractivity contribution in [3.05, 3.63) is 23.8 Å². The number of amides is 1. The van der Waals surface area contributed by atoms with Crippen LogP contribution >= 0.6 is 0 Å². The van der Waals surface area contributed by atoms with Crippen molar-refractivity contribution < 1.29 is 10.0 Å². The van der Waals surface area contributed by atoms with Crippen LogP contribution in [0.5, 0.6) is 0 Å². The number of aromatic nitrogens is 4. The molecule has 0 saturated carbocycles. The van der Waals surface area contributed by atoms with Gasteiger partial charge in [0, 0.05) is 12.7 Å². The van der Waals surface area contributed by atoms with Crippen molar-refractivity contribution in [3.63, 3.8) is 0 Å². The molecule has 7 nitrogen and oxygen atoms in total.